The second kappa shape index (κ2) is 6.24. The van der Waals surface area contributed by atoms with E-state index >= 15 is 0 Å². The van der Waals surface area contributed by atoms with E-state index in [1.54, 1.807) is 0 Å². The summed E-state index contributed by atoms with van der Waals surface area (Å²) in [6, 6.07) is 0.315. The first-order valence-electron chi connectivity index (χ1n) is 6.26. The number of nitrogens with one attached hydrogen (secondary N) is 1. The van der Waals surface area contributed by atoms with Gasteiger partial charge in [0.15, 0.2) is 0 Å². The Morgan fingerprint density at radius 3 is 2.75 bits per heavy atom. The van der Waals surface area contributed by atoms with Crippen molar-refractivity contribution < 1.29 is 5.11 Å². The van der Waals surface area contributed by atoms with Gasteiger partial charge in [-0.25, -0.2) is 0 Å². The number of hydrogen-bond donors (Lipinski definition) is 3. The Morgan fingerprint density at radius 2 is 2.25 bits per heavy atom. The lowest BCUT2D eigenvalue weighted by atomic mass is 9.87. The van der Waals surface area contributed by atoms with Crippen LogP contribution in [0.25, 0.3) is 0 Å². The Balaban J connectivity index is 2.64. The summed E-state index contributed by atoms with van der Waals surface area (Å²) >= 11 is 2.01. The van der Waals surface area contributed by atoms with Crippen LogP contribution >= 0.6 is 11.8 Å². The Labute approximate surface area is 104 Å². The lowest BCUT2D eigenvalue weighted by Gasteiger charge is -2.45. The van der Waals surface area contributed by atoms with Gasteiger partial charge in [-0.2, -0.15) is 11.8 Å². The van der Waals surface area contributed by atoms with Crippen molar-refractivity contribution in [2.75, 3.05) is 18.9 Å². The molecule has 0 aromatic heterocycles. The minimum absolute atomic E-state index is 0.0613. The maximum atomic E-state index is 9.18. The summed E-state index contributed by atoms with van der Waals surface area (Å²) in [6.45, 7) is 7.40. The first-order chi connectivity index (χ1) is 7.55. The highest BCUT2D eigenvalue weighted by Crippen LogP contribution is 2.34. The average Bonchev–Trinajstić information content (AvgIpc) is 2.31. The Hall–Kier alpha value is 0.230. The fourth-order valence-corrected chi connectivity index (χ4v) is 3.55. The second-order valence-electron chi connectivity index (χ2n) is 5.07. The molecule has 0 radical (unpaired) electrons. The maximum Gasteiger partial charge on any atom is 0.0471 e. The molecule has 0 amide bonds. The van der Waals surface area contributed by atoms with Gasteiger partial charge in [-0.15, -0.1) is 0 Å². The van der Waals surface area contributed by atoms with Crippen molar-refractivity contribution in [2.45, 2.75) is 50.4 Å². The molecule has 4 heteroatoms. The highest BCUT2D eigenvalue weighted by molar-refractivity contribution is 8.00. The van der Waals surface area contributed by atoms with Gasteiger partial charge >= 0.3 is 0 Å². The van der Waals surface area contributed by atoms with E-state index in [4.69, 9.17) is 5.73 Å². The van der Waals surface area contributed by atoms with Gasteiger partial charge in [0.1, 0.15) is 0 Å². The average molecular weight is 246 g/mol. The predicted octanol–water partition coefficient (Wildman–Crippen LogP) is 1.21. The molecule has 16 heavy (non-hydrogen) atoms. The third-order valence-corrected chi connectivity index (χ3v) is 5.41. The zero-order valence-corrected chi connectivity index (χ0v) is 11.5. The Bertz CT molecular complexity index is 215. The van der Waals surface area contributed by atoms with Crippen molar-refractivity contribution in [3.63, 3.8) is 0 Å². The van der Waals surface area contributed by atoms with Crippen LogP contribution in [0.3, 0.4) is 0 Å². The van der Waals surface area contributed by atoms with Crippen molar-refractivity contribution >= 4 is 11.8 Å². The minimum Gasteiger partial charge on any atom is -0.396 e. The van der Waals surface area contributed by atoms with Gasteiger partial charge in [-0.3, -0.25) is 0 Å². The Morgan fingerprint density at radius 1 is 1.56 bits per heavy atom. The number of aliphatic hydroxyl groups is 1. The quantitative estimate of drug-likeness (QED) is 0.682. The molecule has 0 bridgehead atoms. The summed E-state index contributed by atoms with van der Waals surface area (Å²) in [5.41, 5.74) is 6.04. The van der Waals surface area contributed by atoms with Gasteiger partial charge in [0, 0.05) is 30.0 Å². The summed E-state index contributed by atoms with van der Waals surface area (Å²) in [5, 5.41) is 13.4. The summed E-state index contributed by atoms with van der Waals surface area (Å²) in [5.74, 6) is 1.52. The zero-order valence-electron chi connectivity index (χ0n) is 10.7. The molecule has 1 fully saturated rings. The largest absolute Gasteiger partial charge is 0.396 e. The molecular weight excluding hydrogens is 220 g/mol. The topological polar surface area (TPSA) is 58.3 Å². The number of aliphatic hydroxyl groups excluding tert-OH is 1. The summed E-state index contributed by atoms with van der Waals surface area (Å²) in [7, 11) is 0. The van der Waals surface area contributed by atoms with Crippen LogP contribution in [-0.2, 0) is 0 Å². The molecule has 0 saturated carbocycles. The molecule has 4 unspecified atom stereocenters. The number of rotatable bonds is 5. The second-order valence-corrected chi connectivity index (χ2v) is 6.52. The minimum atomic E-state index is 0.0613. The molecule has 96 valence electrons. The van der Waals surface area contributed by atoms with Gasteiger partial charge in [0.2, 0.25) is 0 Å². The van der Waals surface area contributed by atoms with Crippen molar-refractivity contribution in [1.29, 1.82) is 0 Å². The first kappa shape index (κ1) is 14.3. The lowest BCUT2D eigenvalue weighted by Crippen LogP contribution is -2.62. The molecule has 4 N–H and O–H groups in total. The molecule has 1 saturated heterocycles. The van der Waals surface area contributed by atoms with E-state index in [1.807, 2.05) is 11.8 Å². The molecule has 3 nitrogen and oxygen atoms in total. The maximum absolute atomic E-state index is 9.18. The third-order valence-electron chi connectivity index (χ3n) is 3.93. The smallest absolute Gasteiger partial charge is 0.0471 e. The van der Waals surface area contributed by atoms with Crippen molar-refractivity contribution in [3.05, 3.63) is 0 Å². The van der Waals surface area contributed by atoms with E-state index in [0.717, 1.165) is 6.42 Å². The number of hydrogen-bond acceptors (Lipinski definition) is 4. The van der Waals surface area contributed by atoms with E-state index < -0.39 is 0 Å². The fraction of sp³-hybridized carbons (Fsp3) is 1.00. The predicted molar refractivity (Wildman–Crippen MR) is 71.8 cm³/mol. The van der Waals surface area contributed by atoms with Gasteiger partial charge in [0.05, 0.1) is 0 Å². The van der Waals surface area contributed by atoms with Crippen LogP contribution in [0.15, 0.2) is 0 Å². The third kappa shape index (κ3) is 3.13. The summed E-state index contributed by atoms with van der Waals surface area (Å²) in [4.78, 5) is 0. The van der Waals surface area contributed by atoms with Gasteiger partial charge in [-0.05, 0) is 31.4 Å². The van der Waals surface area contributed by atoms with Crippen LogP contribution in [0, 0.1) is 5.92 Å². The molecule has 0 aromatic carbocycles. The highest BCUT2D eigenvalue weighted by Gasteiger charge is 2.38. The number of thioether (sulfide) groups is 1. The summed E-state index contributed by atoms with van der Waals surface area (Å²) < 4.78 is 0. The number of nitrogens with two attached hydrogens (primary N) is 1. The highest BCUT2D eigenvalue weighted by atomic mass is 32.2. The van der Waals surface area contributed by atoms with E-state index in [0.29, 0.717) is 17.8 Å². The molecule has 1 heterocycles. The lowest BCUT2D eigenvalue weighted by molar-refractivity contribution is 0.173. The van der Waals surface area contributed by atoms with Gasteiger partial charge < -0.3 is 16.2 Å². The Kier molecular flexibility index (Phi) is 5.57. The molecule has 0 spiro atoms. The van der Waals surface area contributed by atoms with Crippen LogP contribution in [0.2, 0.25) is 0 Å². The van der Waals surface area contributed by atoms with Crippen LogP contribution in [0.1, 0.15) is 33.6 Å². The van der Waals surface area contributed by atoms with Gasteiger partial charge in [-0.1, -0.05) is 13.8 Å². The molecule has 4 atom stereocenters. The normalized spacial score (nSPS) is 34.7. The monoisotopic (exact) mass is 246 g/mol. The van der Waals surface area contributed by atoms with Crippen LogP contribution in [0.4, 0.5) is 0 Å². The van der Waals surface area contributed by atoms with Crippen molar-refractivity contribution in [2.24, 2.45) is 11.7 Å². The molecule has 0 aromatic rings. The molecule has 1 rings (SSSR count). The SMILES string of the molecule is CC(CO)C(C)NC1(CN)CCCSC1C. The van der Waals surface area contributed by atoms with Crippen LogP contribution in [-0.4, -0.2) is 40.8 Å². The molecule has 1 aliphatic heterocycles. The standard InChI is InChI=1S/C12H26N2OS/c1-9(7-15)10(2)14-12(8-13)5-4-6-16-11(12)3/h9-11,14-15H,4-8,13H2,1-3H3. The zero-order chi connectivity index (χ0) is 12.2. The van der Waals surface area contributed by atoms with Crippen LogP contribution in [0.5, 0.6) is 0 Å². The molecule has 1 aliphatic rings. The van der Waals surface area contributed by atoms with E-state index in [2.05, 4.69) is 26.1 Å². The van der Waals surface area contributed by atoms with E-state index in [1.165, 1.54) is 12.2 Å². The summed E-state index contributed by atoms with van der Waals surface area (Å²) in [6.07, 6.45) is 2.39. The fourth-order valence-electron chi connectivity index (χ4n) is 2.28. The van der Waals surface area contributed by atoms with Crippen molar-refractivity contribution in [1.82, 2.24) is 5.32 Å². The first-order valence-corrected chi connectivity index (χ1v) is 7.31. The van der Waals surface area contributed by atoms with Crippen LogP contribution < -0.4 is 11.1 Å². The molecular formula is C12H26N2OS. The van der Waals surface area contributed by atoms with E-state index in [-0.39, 0.29) is 18.1 Å². The molecule has 0 aliphatic carbocycles. The van der Waals surface area contributed by atoms with Gasteiger partial charge in [0.25, 0.3) is 0 Å². The van der Waals surface area contributed by atoms with E-state index in [9.17, 15) is 5.11 Å². The van der Waals surface area contributed by atoms with Crippen molar-refractivity contribution in [3.8, 4) is 0 Å².